The maximum atomic E-state index is 14.0. The van der Waals surface area contributed by atoms with Gasteiger partial charge >= 0.3 is 0 Å². The summed E-state index contributed by atoms with van der Waals surface area (Å²) in [6, 6.07) is 11.1. The number of benzene rings is 2. The van der Waals surface area contributed by atoms with Crippen LogP contribution in [-0.2, 0) is 6.54 Å². The van der Waals surface area contributed by atoms with Crippen molar-refractivity contribution in [3.8, 4) is 23.1 Å². The molecule has 4 rings (SSSR count). The van der Waals surface area contributed by atoms with Crippen molar-refractivity contribution in [2.75, 3.05) is 0 Å². The van der Waals surface area contributed by atoms with E-state index in [2.05, 4.69) is 15.1 Å². The second kappa shape index (κ2) is 5.79. The fraction of sp³-hybridized carbons (Fsp3) is 0.0588. The van der Waals surface area contributed by atoms with Gasteiger partial charge in [-0.25, -0.2) is 23.4 Å². The van der Waals surface area contributed by atoms with Crippen molar-refractivity contribution in [2.24, 2.45) is 0 Å². The minimum Gasteiger partial charge on any atom is -0.310 e. The van der Waals surface area contributed by atoms with E-state index in [1.54, 1.807) is 35.3 Å². The Labute approximate surface area is 140 Å². The quantitative estimate of drug-likeness (QED) is 0.576. The van der Waals surface area contributed by atoms with Gasteiger partial charge in [0.05, 0.1) is 17.3 Å². The molecular weight excluding hydrogens is 326 g/mol. The van der Waals surface area contributed by atoms with Crippen molar-refractivity contribution in [3.63, 3.8) is 0 Å². The van der Waals surface area contributed by atoms with Crippen LogP contribution in [0.5, 0.6) is 0 Å². The van der Waals surface area contributed by atoms with Crippen molar-refractivity contribution in [2.45, 2.75) is 6.54 Å². The van der Waals surface area contributed by atoms with E-state index in [9.17, 15) is 8.78 Å². The molecule has 6 nitrogen and oxygen atoms in total. The zero-order valence-electron chi connectivity index (χ0n) is 12.8. The molecule has 0 bridgehead atoms. The zero-order chi connectivity index (χ0) is 17.4. The Bertz CT molecular complexity index is 1090. The van der Waals surface area contributed by atoms with Crippen molar-refractivity contribution in [1.82, 2.24) is 24.3 Å². The Morgan fingerprint density at radius 2 is 1.92 bits per heavy atom. The van der Waals surface area contributed by atoms with Gasteiger partial charge in [0.2, 0.25) is 0 Å². The van der Waals surface area contributed by atoms with Crippen LogP contribution in [0.15, 0.2) is 49.1 Å². The molecule has 2 aromatic heterocycles. The zero-order valence-corrected chi connectivity index (χ0v) is 12.8. The molecule has 0 N–H and O–H groups in total. The Morgan fingerprint density at radius 1 is 1.12 bits per heavy atom. The molecule has 8 heteroatoms. The van der Waals surface area contributed by atoms with Gasteiger partial charge in [-0.15, -0.1) is 0 Å². The van der Waals surface area contributed by atoms with Crippen molar-refractivity contribution in [1.29, 1.82) is 5.26 Å². The first kappa shape index (κ1) is 15.0. The van der Waals surface area contributed by atoms with E-state index >= 15 is 0 Å². The first-order chi connectivity index (χ1) is 12.2. The first-order valence-electron chi connectivity index (χ1n) is 7.35. The van der Waals surface area contributed by atoms with Crippen molar-refractivity contribution >= 4 is 11.0 Å². The van der Waals surface area contributed by atoms with E-state index in [4.69, 9.17) is 5.26 Å². The number of imidazole rings is 1. The fourth-order valence-electron chi connectivity index (χ4n) is 2.71. The van der Waals surface area contributed by atoms with E-state index in [-0.39, 0.29) is 17.6 Å². The van der Waals surface area contributed by atoms with Crippen LogP contribution in [0.2, 0.25) is 0 Å². The van der Waals surface area contributed by atoms with Gasteiger partial charge < -0.3 is 4.57 Å². The van der Waals surface area contributed by atoms with Crippen LogP contribution >= 0.6 is 0 Å². The lowest BCUT2D eigenvalue weighted by Gasteiger charge is -2.06. The van der Waals surface area contributed by atoms with Crippen LogP contribution in [0.3, 0.4) is 0 Å². The van der Waals surface area contributed by atoms with Crippen LogP contribution in [0.1, 0.15) is 0 Å². The smallest absolute Gasteiger partial charge is 0.153 e. The summed E-state index contributed by atoms with van der Waals surface area (Å²) in [5.74, 6) is -1.07. The van der Waals surface area contributed by atoms with E-state index in [0.717, 1.165) is 11.8 Å². The molecule has 2 heterocycles. The summed E-state index contributed by atoms with van der Waals surface area (Å²) in [7, 11) is 0. The second-order valence-corrected chi connectivity index (χ2v) is 5.32. The summed E-state index contributed by atoms with van der Waals surface area (Å²) in [5, 5.41) is 13.1. The highest BCUT2D eigenvalue weighted by Crippen LogP contribution is 2.27. The van der Waals surface area contributed by atoms with Gasteiger partial charge in [0.1, 0.15) is 36.4 Å². The molecule has 0 saturated heterocycles. The first-order valence-corrected chi connectivity index (χ1v) is 7.35. The third kappa shape index (κ3) is 2.52. The Balaban J connectivity index is 1.87. The summed E-state index contributed by atoms with van der Waals surface area (Å²) in [5.41, 5.74) is 1.75. The van der Waals surface area contributed by atoms with Crippen LogP contribution in [0.4, 0.5) is 8.78 Å². The normalized spacial score (nSPS) is 10.9. The van der Waals surface area contributed by atoms with Crippen LogP contribution in [0.25, 0.3) is 28.1 Å². The van der Waals surface area contributed by atoms with Crippen LogP contribution in [-0.4, -0.2) is 24.3 Å². The number of aromatic nitrogens is 5. The molecule has 0 amide bonds. The van der Waals surface area contributed by atoms with E-state index in [1.165, 1.54) is 17.0 Å². The molecule has 0 aliphatic heterocycles. The number of hydrogen-bond acceptors (Lipinski definition) is 4. The number of nitrogens with zero attached hydrogens (tertiary/aromatic N) is 6. The molecule has 25 heavy (non-hydrogen) atoms. The molecule has 4 aromatic rings. The highest BCUT2D eigenvalue weighted by molar-refractivity contribution is 5.81. The second-order valence-electron chi connectivity index (χ2n) is 5.32. The predicted molar refractivity (Wildman–Crippen MR) is 85.6 cm³/mol. The van der Waals surface area contributed by atoms with Gasteiger partial charge in [-0.1, -0.05) is 0 Å². The molecule has 0 atom stereocenters. The molecule has 2 aromatic carbocycles. The number of hydrogen-bond donors (Lipinski definition) is 0. The van der Waals surface area contributed by atoms with Gasteiger partial charge in [-0.2, -0.15) is 10.4 Å². The molecule has 0 unspecified atom stereocenters. The molecule has 0 saturated carbocycles. The minimum absolute atomic E-state index is 0.0343. The van der Waals surface area contributed by atoms with Crippen molar-refractivity contribution in [3.05, 3.63) is 60.7 Å². The summed E-state index contributed by atoms with van der Waals surface area (Å²) >= 11 is 0. The predicted octanol–water partition coefficient (Wildman–Crippen LogP) is 3.09. The van der Waals surface area contributed by atoms with Crippen molar-refractivity contribution < 1.29 is 8.78 Å². The topological polar surface area (TPSA) is 72.3 Å². The van der Waals surface area contributed by atoms with Crippen LogP contribution < -0.4 is 0 Å². The van der Waals surface area contributed by atoms with Gasteiger partial charge in [0.25, 0.3) is 0 Å². The average molecular weight is 336 g/mol. The van der Waals surface area contributed by atoms with Gasteiger partial charge in [0, 0.05) is 17.7 Å². The van der Waals surface area contributed by atoms with Gasteiger partial charge in [-0.3, -0.25) is 0 Å². The third-order valence-electron chi connectivity index (χ3n) is 3.81. The average Bonchev–Trinajstić information content (AvgIpc) is 3.25. The molecule has 0 radical (unpaired) electrons. The lowest BCUT2D eigenvalue weighted by molar-refractivity contribution is 0.590. The number of rotatable bonds is 3. The largest absolute Gasteiger partial charge is 0.310 e. The van der Waals surface area contributed by atoms with E-state index in [1.807, 2.05) is 6.07 Å². The minimum atomic E-state index is -0.757. The van der Waals surface area contributed by atoms with E-state index in [0.29, 0.717) is 11.4 Å². The lowest BCUT2D eigenvalue weighted by atomic mass is 10.2. The number of nitriles is 1. The van der Waals surface area contributed by atoms with Gasteiger partial charge in [0.15, 0.2) is 5.82 Å². The molecule has 0 spiro atoms. The molecule has 0 fully saturated rings. The third-order valence-corrected chi connectivity index (χ3v) is 3.81. The monoisotopic (exact) mass is 336 g/mol. The standard InChI is InChI=1S/C17H10F2N6/c18-12-7-14(19)16-15(8-12)24(6-5-20)17(23-16)11-1-3-13(4-2-11)25-10-21-9-22-25/h1-4,7-10H,6H2. The van der Waals surface area contributed by atoms with Gasteiger partial charge in [-0.05, 0) is 24.3 Å². The highest BCUT2D eigenvalue weighted by Gasteiger charge is 2.17. The Kier molecular flexibility index (Phi) is 3.47. The highest BCUT2D eigenvalue weighted by atomic mass is 19.1. The fourth-order valence-corrected chi connectivity index (χ4v) is 2.71. The Morgan fingerprint density at radius 3 is 2.60 bits per heavy atom. The molecule has 0 aliphatic rings. The van der Waals surface area contributed by atoms with E-state index < -0.39 is 11.6 Å². The molecule has 122 valence electrons. The maximum absolute atomic E-state index is 14.0. The number of halogens is 2. The number of fused-ring (bicyclic) bond motifs is 1. The summed E-state index contributed by atoms with van der Waals surface area (Å²) in [6.07, 6.45) is 3.00. The molecule has 0 aliphatic carbocycles. The Hall–Kier alpha value is -3.60. The summed E-state index contributed by atoms with van der Waals surface area (Å²) in [6.45, 7) is -0.0699. The molecular formula is C17H10F2N6. The summed E-state index contributed by atoms with van der Waals surface area (Å²) < 4.78 is 30.7. The van der Waals surface area contributed by atoms with Crippen LogP contribution in [0, 0.1) is 23.0 Å². The SMILES string of the molecule is N#CCn1c(-c2ccc(-n3cncn3)cc2)nc2c(F)cc(F)cc21. The maximum Gasteiger partial charge on any atom is 0.153 e. The summed E-state index contributed by atoms with van der Waals surface area (Å²) in [4.78, 5) is 8.16. The lowest BCUT2D eigenvalue weighted by Crippen LogP contribution is -2.00.